The van der Waals surface area contributed by atoms with Gasteiger partial charge >= 0.3 is 5.97 Å². The van der Waals surface area contributed by atoms with Crippen LogP contribution >= 0.6 is 0 Å². The maximum Gasteiger partial charge on any atom is 0.329 e. The summed E-state index contributed by atoms with van der Waals surface area (Å²) in [6.07, 6.45) is 8.23. The number of rotatable bonds is 9. The molecule has 2 fully saturated rings. The summed E-state index contributed by atoms with van der Waals surface area (Å²) < 4.78 is 5.49. The van der Waals surface area contributed by atoms with E-state index < -0.39 is 5.97 Å². The molecule has 0 aromatic carbocycles. The van der Waals surface area contributed by atoms with Crippen molar-refractivity contribution in [2.75, 3.05) is 36.5 Å². The maximum absolute atomic E-state index is 12.9. The third kappa shape index (κ3) is 6.32. The molecule has 1 aromatic heterocycles. The standard InChI is InChI=1S/C22H34N4O4/c1-2-12-23-21-18(22(29)24-16-7-4-3-5-8-16)10-11-19(25-21)26-13-6-9-17(14-26)30-15-20(27)28/h10-11,16-17H,2-9,12-15H2,1H3,(H,23,25)(H,24,29)(H,27,28). The van der Waals surface area contributed by atoms with Crippen molar-refractivity contribution < 1.29 is 19.4 Å². The van der Waals surface area contributed by atoms with Gasteiger partial charge in [0.1, 0.15) is 18.2 Å². The number of carbonyl (C=O) groups excluding carboxylic acids is 1. The number of hydrogen-bond acceptors (Lipinski definition) is 6. The van der Waals surface area contributed by atoms with E-state index in [2.05, 4.69) is 22.5 Å². The molecule has 0 spiro atoms. The van der Waals surface area contributed by atoms with Gasteiger partial charge < -0.3 is 25.4 Å². The van der Waals surface area contributed by atoms with Gasteiger partial charge in [0, 0.05) is 25.7 Å². The van der Waals surface area contributed by atoms with Crippen molar-refractivity contribution in [3.63, 3.8) is 0 Å². The molecule has 166 valence electrons. The van der Waals surface area contributed by atoms with Crippen LogP contribution in [0.2, 0.25) is 0 Å². The first-order valence-corrected chi connectivity index (χ1v) is 11.2. The Bertz CT molecular complexity index is 721. The molecule has 1 aliphatic carbocycles. The van der Waals surface area contributed by atoms with E-state index in [0.717, 1.165) is 51.0 Å². The zero-order valence-electron chi connectivity index (χ0n) is 17.9. The maximum atomic E-state index is 12.9. The highest BCUT2D eigenvalue weighted by atomic mass is 16.5. The first-order valence-electron chi connectivity index (χ1n) is 11.2. The molecule has 8 heteroatoms. The molecule has 3 N–H and O–H groups in total. The van der Waals surface area contributed by atoms with Gasteiger partial charge in [-0.1, -0.05) is 26.2 Å². The summed E-state index contributed by atoms with van der Waals surface area (Å²) in [7, 11) is 0. The molecule has 30 heavy (non-hydrogen) atoms. The molecule has 1 saturated heterocycles. The number of amides is 1. The van der Waals surface area contributed by atoms with Crippen LogP contribution in [-0.2, 0) is 9.53 Å². The fraction of sp³-hybridized carbons (Fsp3) is 0.682. The summed E-state index contributed by atoms with van der Waals surface area (Å²) >= 11 is 0. The van der Waals surface area contributed by atoms with Crippen LogP contribution in [0.4, 0.5) is 11.6 Å². The number of nitrogens with one attached hydrogen (secondary N) is 2. The largest absolute Gasteiger partial charge is 0.480 e. The molecular formula is C22H34N4O4. The van der Waals surface area contributed by atoms with E-state index in [1.165, 1.54) is 19.3 Å². The summed E-state index contributed by atoms with van der Waals surface area (Å²) in [5.74, 6) is 0.369. The van der Waals surface area contributed by atoms with Gasteiger partial charge in [0.15, 0.2) is 0 Å². The van der Waals surface area contributed by atoms with E-state index in [4.69, 9.17) is 14.8 Å². The number of ether oxygens (including phenoxy) is 1. The third-order valence-corrected chi connectivity index (χ3v) is 5.75. The first kappa shape index (κ1) is 22.3. The van der Waals surface area contributed by atoms with E-state index in [-0.39, 0.29) is 24.7 Å². The predicted molar refractivity (Wildman–Crippen MR) is 116 cm³/mol. The van der Waals surface area contributed by atoms with E-state index in [9.17, 15) is 9.59 Å². The van der Waals surface area contributed by atoms with Crippen LogP contribution in [0.5, 0.6) is 0 Å². The van der Waals surface area contributed by atoms with Crippen molar-refractivity contribution >= 4 is 23.5 Å². The summed E-state index contributed by atoms with van der Waals surface area (Å²) in [5, 5.41) is 15.3. The second kappa shape index (κ2) is 11.2. The molecule has 2 aliphatic rings. The Kier molecular flexibility index (Phi) is 8.30. The minimum Gasteiger partial charge on any atom is -0.480 e. The zero-order chi connectivity index (χ0) is 21.3. The molecule has 3 rings (SSSR count). The lowest BCUT2D eigenvalue weighted by molar-refractivity contribution is -0.144. The van der Waals surface area contributed by atoms with Gasteiger partial charge in [0.25, 0.3) is 5.91 Å². The van der Waals surface area contributed by atoms with Crippen LogP contribution in [-0.4, -0.2) is 60.4 Å². The molecular weight excluding hydrogens is 384 g/mol. The Morgan fingerprint density at radius 2 is 2.00 bits per heavy atom. The monoisotopic (exact) mass is 418 g/mol. The Hall–Kier alpha value is -2.35. The second-order valence-electron chi connectivity index (χ2n) is 8.22. The highest BCUT2D eigenvalue weighted by Gasteiger charge is 2.24. The Labute approximate surface area is 178 Å². The number of nitrogens with zero attached hydrogens (tertiary/aromatic N) is 2. The number of carboxylic acids is 1. The molecule has 1 amide bonds. The van der Waals surface area contributed by atoms with Crippen LogP contribution in [0.1, 0.15) is 68.6 Å². The van der Waals surface area contributed by atoms with E-state index in [1.807, 2.05) is 12.1 Å². The Morgan fingerprint density at radius 1 is 1.20 bits per heavy atom. The topological polar surface area (TPSA) is 104 Å². The van der Waals surface area contributed by atoms with Crippen LogP contribution < -0.4 is 15.5 Å². The third-order valence-electron chi connectivity index (χ3n) is 5.75. The molecule has 1 atom stereocenters. The van der Waals surface area contributed by atoms with E-state index >= 15 is 0 Å². The number of aromatic nitrogens is 1. The lowest BCUT2D eigenvalue weighted by Crippen LogP contribution is -2.41. The smallest absolute Gasteiger partial charge is 0.329 e. The second-order valence-corrected chi connectivity index (χ2v) is 8.22. The fourth-order valence-corrected chi connectivity index (χ4v) is 4.17. The summed E-state index contributed by atoms with van der Waals surface area (Å²) in [6.45, 7) is 3.97. The van der Waals surface area contributed by atoms with Crippen molar-refractivity contribution in [3.05, 3.63) is 17.7 Å². The lowest BCUT2D eigenvalue weighted by atomic mass is 9.95. The number of aliphatic carboxylic acids is 1. The molecule has 0 bridgehead atoms. The quantitative estimate of drug-likeness (QED) is 0.566. The number of carboxylic acid groups (broad SMARTS) is 1. The van der Waals surface area contributed by atoms with Crippen LogP contribution in [0.25, 0.3) is 0 Å². The number of piperidine rings is 1. The van der Waals surface area contributed by atoms with Crippen LogP contribution in [0, 0.1) is 0 Å². The van der Waals surface area contributed by atoms with Gasteiger partial charge in [0.2, 0.25) is 0 Å². The summed E-state index contributed by atoms with van der Waals surface area (Å²) in [4.78, 5) is 30.6. The van der Waals surface area contributed by atoms with Crippen molar-refractivity contribution in [1.82, 2.24) is 10.3 Å². The highest BCUT2D eigenvalue weighted by Crippen LogP contribution is 2.24. The minimum atomic E-state index is -0.954. The van der Waals surface area contributed by atoms with Crippen molar-refractivity contribution in [2.45, 2.75) is 70.4 Å². The Morgan fingerprint density at radius 3 is 2.73 bits per heavy atom. The summed E-state index contributed by atoms with van der Waals surface area (Å²) in [5.41, 5.74) is 0.577. The van der Waals surface area contributed by atoms with Gasteiger partial charge in [-0.3, -0.25) is 4.79 Å². The molecule has 0 radical (unpaired) electrons. The number of pyridine rings is 1. The van der Waals surface area contributed by atoms with Gasteiger partial charge in [-0.15, -0.1) is 0 Å². The van der Waals surface area contributed by atoms with E-state index in [1.54, 1.807) is 0 Å². The molecule has 1 unspecified atom stereocenters. The summed E-state index contributed by atoms with van der Waals surface area (Å²) in [6, 6.07) is 3.98. The molecule has 1 aromatic rings. The predicted octanol–water partition coefficient (Wildman–Crippen LogP) is 3.04. The van der Waals surface area contributed by atoms with Crippen molar-refractivity contribution in [2.24, 2.45) is 0 Å². The molecule has 1 saturated carbocycles. The molecule has 2 heterocycles. The first-order chi connectivity index (χ1) is 14.6. The number of carbonyl (C=O) groups is 2. The average molecular weight is 419 g/mol. The van der Waals surface area contributed by atoms with Crippen molar-refractivity contribution in [1.29, 1.82) is 0 Å². The van der Waals surface area contributed by atoms with Crippen LogP contribution in [0.15, 0.2) is 12.1 Å². The zero-order valence-corrected chi connectivity index (χ0v) is 17.9. The molecule has 1 aliphatic heterocycles. The van der Waals surface area contributed by atoms with Gasteiger partial charge in [-0.05, 0) is 44.2 Å². The van der Waals surface area contributed by atoms with E-state index in [0.29, 0.717) is 17.9 Å². The Balaban J connectivity index is 1.71. The normalized spacial score (nSPS) is 20.0. The average Bonchev–Trinajstić information content (AvgIpc) is 2.77. The number of hydrogen-bond donors (Lipinski definition) is 3. The fourth-order valence-electron chi connectivity index (χ4n) is 4.17. The molecule has 8 nitrogen and oxygen atoms in total. The minimum absolute atomic E-state index is 0.0686. The van der Waals surface area contributed by atoms with Crippen LogP contribution in [0.3, 0.4) is 0 Å². The highest BCUT2D eigenvalue weighted by molar-refractivity contribution is 5.99. The van der Waals surface area contributed by atoms with Crippen molar-refractivity contribution in [3.8, 4) is 0 Å². The lowest BCUT2D eigenvalue weighted by Gasteiger charge is -2.33. The van der Waals surface area contributed by atoms with Gasteiger partial charge in [-0.2, -0.15) is 0 Å². The van der Waals surface area contributed by atoms with Gasteiger partial charge in [-0.25, -0.2) is 9.78 Å². The SMILES string of the molecule is CCCNc1nc(N2CCCC(OCC(=O)O)C2)ccc1C(=O)NC1CCCCC1. The van der Waals surface area contributed by atoms with Gasteiger partial charge in [0.05, 0.1) is 11.7 Å². The number of anilines is 2.